The van der Waals surface area contributed by atoms with E-state index in [4.69, 9.17) is 0 Å². The highest BCUT2D eigenvalue weighted by atomic mass is 32.2. The summed E-state index contributed by atoms with van der Waals surface area (Å²) in [5, 5.41) is 3.29. The molecule has 5 nitrogen and oxygen atoms in total. The molecule has 1 heterocycles. The highest BCUT2D eigenvalue weighted by Crippen LogP contribution is 2.13. The molecule has 1 aliphatic heterocycles. The van der Waals surface area contributed by atoms with Crippen LogP contribution in [-0.2, 0) is 10.0 Å². The van der Waals surface area contributed by atoms with E-state index in [0.717, 1.165) is 38.9 Å². The van der Waals surface area contributed by atoms with Gasteiger partial charge in [-0.05, 0) is 45.3 Å². The van der Waals surface area contributed by atoms with Crippen molar-refractivity contribution < 1.29 is 8.42 Å². The van der Waals surface area contributed by atoms with E-state index < -0.39 is 10.0 Å². The first-order chi connectivity index (χ1) is 8.89. The molecule has 1 aliphatic rings. The van der Waals surface area contributed by atoms with E-state index in [1.54, 1.807) is 0 Å². The molecule has 1 saturated heterocycles. The Morgan fingerprint density at radius 2 is 2.05 bits per heavy atom. The summed E-state index contributed by atoms with van der Waals surface area (Å²) in [5.74, 6) is 0.720. The zero-order valence-corrected chi connectivity index (χ0v) is 13.3. The fraction of sp³-hybridized carbons (Fsp3) is 1.00. The Labute approximate surface area is 118 Å². The van der Waals surface area contributed by atoms with Crippen molar-refractivity contribution in [2.45, 2.75) is 39.2 Å². The van der Waals surface area contributed by atoms with E-state index in [1.165, 1.54) is 0 Å². The minimum Gasteiger partial charge on any atom is -0.315 e. The topological polar surface area (TPSA) is 61.4 Å². The quantitative estimate of drug-likeness (QED) is 0.612. The molecule has 0 aromatic heterocycles. The van der Waals surface area contributed by atoms with Crippen molar-refractivity contribution in [1.82, 2.24) is 14.9 Å². The van der Waals surface area contributed by atoms with Crippen LogP contribution in [-0.4, -0.2) is 58.3 Å². The van der Waals surface area contributed by atoms with Gasteiger partial charge in [0, 0.05) is 19.1 Å². The number of nitrogens with one attached hydrogen (secondary N) is 2. The number of unbranched alkanes of at least 4 members (excludes halogenated alkanes) is 1. The van der Waals surface area contributed by atoms with Crippen LogP contribution in [0.5, 0.6) is 0 Å². The maximum absolute atomic E-state index is 11.8. The summed E-state index contributed by atoms with van der Waals surface area (Å²) < 4.78 is 26.4. The lowest BCUT2D eigenvalue weighted by molar-refractivity contribution is 0.394. The van der Waals surface area contributed by atoms with Crippen LogP contribution in [0.15, 0.2) is 0 Å². The number of likely N-dealkylation sites (tertiary alicyclic amines) is 1. The molecule has 1 fully saturated rings. The fourth-order valence-corrected chi connectivity index (χ4v) is 3.54. The first-order valence-electron chi connectivity index (χ1n) is 7.28. The summed E-state index contributed by atoms with van der Waals surface area (Å²) in [7, 11) is -1.00. The van der Waals surface area contributed by atoms with Gasteiger partial charge in [-0.15, -0.1) is 0 Å². The van der Waals surface area contributed by atoms with Gasteiger partial charge in [0.2, 0.25) is 10.0 Å². The van der Waals surface area contributed by atoms with Gasteiger partial charge in [0.05, 0.1) is 5.75 Å². The van der Waals surface area contributed by atoms with Gasteiger partial charge in [-0.25, -0.2) is 13.1 Å². The molecule has 1 rings (SSSR count). The van der Waals surface area contributed by atoms with Crippen LogP contribution >= 0.6 is 0 Å². The Morgan fingerprint density at radius 3 is 2.63 bits per heavy atom. The monoisotopic (exact) mass is 291 g/mol. The molecule has 0 bridgehead atoms. The third-order valence-electron chi connectivity index (χ3n) is 3.47. The van der Waals surface area contributed by atoms with Crippen LogP contribution in [0, 0.1) is 5.92 Å². The van der Waals surface area contributed by atoms with Gasteiger partial charge in [0.25, 0.3) is 0 Å². The second-order valence-electron chi connectivity index (χ2n) is 5.90. The normalized spacial score (nSPS) is 21.4. The van der Waals surface area contributed by atoms with E-state index in [-0.39, 0.29) is 5.75 Å². The van der Waals surface area contributed by atoms with E-state index >= 15 is 0 Å². The van der Waals surface area contributed by atoms with E-state index in [1.807, 2.05) is 0 Å². The number of sulfonamides is 1. The molecule has 0 saturated carbocycles. The van der Waals surface area contributed by atoms with Crippen molar-refractivity contribution in [3.63, 3.8) is 0 Å². The summed E-state index contributed by atoms with van der Waals surface area (Å²) in [4.78, 5) is 2.25. The molecule has 1 atom stereocenters. The van der Waals surface area contributed by atoms with E-state index in [9.17, 15) is 8.42 Å². The Hall–Kier alpha value is -0.170. The Bertz CT molecular complexity index is 344. The number of hydrogen-bond donors (Lipinski definition) is 2. The molecular weight excluding hydrogens is 262 g/mol. The average Bonchev–Trinajstić information content (AvgIpc) is 2.72. The standard InChI is InChI=1S/C13H29N3O2S/c1-12(2)14-7-4-5-9-19(17,18)15-10-13-6-8-16(3)11-13/h12-15H,4-11H2,1-3H3. The van der Waals surface area contributed by atoms with Gasteiger partial charge in [-0.2, -0.15) is 0 Å². The predicted octanol–water partition coefficient (Wildman–Crippen LogP) is 0.636. The zero-order chi connectivity index (χ0) is 14.3. The Morgan fingerprint density at radius 1 is 1.32 bits per heavy atom. The van der Waals surface area contributed by atoms with Gasteiger partial charge in [-0.3, -0.25) is 0 Å². The largest absolute Gasteiger partial charge is 0.315 e. The van der Waals surface area contributed by atoms with Crippen molar-refractivity contribution in [1.29, 1.82) is 0 Å². The lowest BCUT2D eigenvalue weighted by atomic mass is 10.1. The van der Waals surface area contributed by atoms with Gasteiger partial charge in [0.15, 0.2) is 0 Å². The smallest absolute Gasteiger partial charge is 0.211 e. The molecule has 6 heteroatoms. The van der Waals surface area contributed by atoms with Crippen LogP contribution in [0.25, 0.3) is 0 Å². The first kappa shape index (κ1) is 16.9. The average molecular weight is 291 g/mol. The lowest BCUT2D eigenvalue weighted by Gasteiger charge is -2.12. The second kappa shape index (κ2) is 8.19. The molecule has 0 spiro atoms. The predicted molar refractivity (Wildman–Crippen MR) is 79.8 cm³/mol. The minimum atomic E-state index is -3.08. The number of hydrogen-bond acceptors (Lipinski definition) is 4. The molecule has 1 unspecified atom stereocenters. The van der Waals surface area contributed by atoms with Crippen molar-refractivity contribution in [2.75, 3.05) is 39.0 Å². The summed E-state index contributed by atoms with van der Waals surface area (Å²) in [6, 6.07) is 0.467. The maximum atomic E-state index is 11.8. The van der Waals surface area contributed by atoms with Crippen molar-refractivity contribution in [2.24, 2.45) is 5.92 Å². The van der Waals surface area contributed by atoms with Crippen LogP contribution < -0.4 is 10.0 Å². The molecule has 0 amide bonds. The molecule has 0 aliphatic carbocycles. The summed E-state index contributed by atoms with van der Waals surface area (Å²) >= 11 is 0. The molecule has 0 aromatic carbocycles. The van der Waals surface area contributed by atoms with Crippen LogP contribution in [0.4, 0.5) is 0 Å². The van der Waals surface area contributed by atoms with Crippen molar-refractivity contribution >= 4 is 10.0 Å². The van der Waals surface area contributed by atoms with Crippen molar-refractivity contribution in [3.8, 4) is 0 Å². The third kappa shape index (κ3) is 7.87. The van der Waals surface area contributed by atoms with Gasteiger partial charge in [-0.1, -0.05) is 13.8 Å². The molecule has 19 heavy (non-hydrogen) atoms. The summed E-state index contributed by atoms with van der Waals surface area (Å²) in [6.45, 7) is 7.75. The molecule has 0 radical (unpaired) electrons. The van der Waals surface area contributed by atoms with E-state index in [2.05, 4.69) is 35.8 Å². The fourth-order valence-electron chi connectivity index (χ4n) is 2.32. The zero-order valence-electron chi connectivity index (χ0n) is 12.5. The molecule has 2 N–H and O–H groups in total. The Balaban J connectivity index is 2.10. The minimum absolute atomic E-state index is 0.245. The first-order valence-corrected chi connectivity index (χ1v) is 8.93. The van der Waals surface area contributed by atoms with Crippen molar-refractivity contribution in [3.05, 3.63) is 0 Å². The highest BCUT2D eigenvalue weighted by molar-refractivity contribution is 7.89. The lowest BCUT2D eigenvalue weighted by Crippen LogP contribution is -2.32. The highest BCUT2D eigenvalue weighted by Gasteiger charge is 2.21. The molecule has 0 aromatic rings. The molecular formula is C13H29N3O2S. The van der Waals surface area contributed by atoms with Gasteiger partial charge < -0.3 is 10.2 Å². The number of rotatable bonds is 9. The van der Waals surface area contributed by atoms with Crippen LogP contribution in [0.3, 0.4) is 0 Å². The second-order valence-corrected chi connectivity index (χ2v) is 7.83. The SMILES string of the molecule is CC(C)NCCCCS(=O)(=O)NCC1CCN(C)C1. The number of nitrogens with zero attached hydrogens (tertiary/aromatic N) is 1. The van der Waals surface area contributed by atoms with E-state index in [0.29, 0.717) is 18.5 Å². The molecule has 114 valence electrons. The summed E-state index contributed by atoms with van der Waals surface area (Å²) in [6.07, 6.45) is 2.72. The Kier molecular flexibility index (Phi) is 7.28. The van der Waals surface area contributed by atoms with Crippen LogP contribution in [0.1, 0.15) is 33.1 Å². The maximum Gasteiger partial charge on any atom is 0.211 e. The third-order valence-corrected chi connectivity index (χ3v) is 4.91. The van der Waals surface area contributed by atoms with Gasteiger partial charge in [0.1, 0.15) is 0 Å². The van der Waals surface area contributed by atoms with Gasteiger partial charge >= 0.3 is 0 Å². The van der Waals surface area contributed by atoms with Crippen LogP contribution in [0.2, 0.25) is 0 Å². The summed E-state index contributed by atoms with van der Waals surface area (Å²) in [5.41, 5.74) is 0.